The summed E-state index contributed by atoms with van der Waals surface area (Å²) >= 11 is 0. The molecule has 1 aromatic carbocycles. The third-order valence-corrected chi connectivity index (χ3v) is 2.40. The van der Waals surface area contributed by atoms with Gasteiger partial charge in [-0.1, -0.05) is 29.3 Å². The first-order valence-corrected chi connectivity index (χ1v) is 4.91. The van der Waals surface area contributed by atoms with E-state index in [1.165, 1.54) is 0 Å². The third-order valence-electron chi connectivity index (χ3n) is 2.40. The molecular weight excluding hydrogens is 190 g/mol. The number of carboxylic acids is 1. The highest BCUT2D eigenvalue weighted by molar-refractivity contribution is 5.68. The van der Waals surface area contributed by atoms with Crippen molar-refractivity contribution in [2.24, 2.45) is 5.73 Å². The van der Waals surface area contributed by atoms with Gasteiger partial charge >= 0.3 is 5.97 Å². The van der Waals surface area contributed by atoms with Crippen LogP contribution in [0.15, 0.2) is 18.2 Å². The van der Waals surface area contributed by atoms with Gasteiger partial charge in [0.1, 0.15) is 0 Å². The lowest BCUT2D eigenvalue weighted by Gasteiger charge is -2.24. The van der Waals surface area contributed by atoms with Crippen LogP contribution in [0.4, 0.5) is 0 Å². The van der Waals surface area contributed by atoms with Gasteiger partial charge in [0, 0.05) is 5.54 Å². The minimum atomic E-state index is -0.876. The molecule has 0 heterocycles. The maximum atomic E-state index is 10.7. The Morgan fingerprint density at radius 3 is 2.20 bits per heavy atom. The summed E-state index contributed by atoms with van der Waals surface area (Å²) in [5.41, 5.74) is 8.28. The van der Waals surface area contributed by atoms with Crippen molar-refractivity contribution < 1.29 is 9.90 Å². The summed E-state index contributed by atoms with van der Waals surface area (Å²) in [6, 6.07) is 5.92. The highest BCUT2D eigenvalue weighted by Gasteiger charge is 2.24. The minimum absolute atomic E-state index is 0.0596. The van der Waals surface area contributed by atoms with Crippen molar-refractivity contribution in [2.75, 3.05) is 0 Å². The van der Waals surface area contributed by atoms with Crippen LogP contribution >= 0.6 is 0 Å². The summed E-state index contributed by atoms with van der Waals surface area (Å²) in [5.74, 6) is -0.876. The normalized spacial score (nSPS) is 14.7. The van der Waals surface area contributed by atoms with E-state index >= 15 is 0 Å². The van der Waals surface area contributed by atoms with Crippen molar-refractivity contribution in [3.63, 3.8) is 0 Å². The van der Waals surface area contributed by atoms with E-state index in [0.717, 1.165) is 16.7 Å². The Morgan fingerprint density at radius 1 is 1.33 bits per heavy atom. The van der Waals surface area contributed by atoms with Crippen molar-refractivity contribution in [3.05, 3.63) is 34.9 Å². The molecule has 0 aliphatic heterocycles. The first-order chi connectivity index (χ1) is 6.81. The average molecular weight is 207 g/mol. The standard InChI is InChI=1S/C12H17NO2/c1-8-4-9(2)6-10(5-8)12(3,13)7-11(14)15/h4-6H,7,13H2,1-3H3,(H,14,15). The SMILES string of the molecule is Cc1cc(C)cc(C(C)(N)CC(=O)O)c1. The molecule has 3 nitrogen and oxygen atoms in total. The molecule has 1 aromatic rings. The van der Waals surface area contributed by atoms with E-state index in [2.05, 4.69) is 0 Å². The van der Waals surface area contributed by atoms with Crippen molar-refractivity contribution in [2.45, 2.75) is 32.7 Å². The van der Waals surface area contributed by atoms with Gasteiger partial charge in [0.05, 0.1) is 6.42 Å². The lowest BCUT2D eigenvalue weighted by Crippen LogP contribution is -2.35. The van der Waals surface area contributed by atoms with Crippen LogP contribution in [0, 0.1) is 13.8 Å². The summed E-state index contributed by atoms with van der Waals surface area (Å²) in [6.45, 7) is 5.70. The molecule has 15 heavy (non-hydrogen) atoms. The molecule has 0 spiro atoms. The van der Waals surface area contributed by atoms with Crippen LogP contribution < -0.4 is 5.73 Å². The van der Waals surface area contributed by atoms with Gasteiger partial charge in [0.15, 0.2) is 0 Å². The fraction of sp³-hybridized carbons (Fsp3) is 0.417. The van der Waals surface area contributed by atoms with E-state index in [4.69, 9.17) is 10.8 Å². The molecule has 0 bridgehead atoms. The first-order valence-electron chi connectivity index (χ1n) is 4.91. The number of nitrogens with two attached hydrogens (primary N) is 1. The fourth-order valence-electron chi connectivity index (χ4n) is 1.72. The number of carboxylic acid groups (broad SMARTS) is 1. The molecular formula is C12H17NO2. The van der Waals surface area contributed by atoms with Gasteiger partial charge in [0.25, 0.3) is 0 Å². The minimum Gasteiger partial charge on any atom is -0.481 e. The summed E-state index contributed by atoms with van der Waals surface area (Å²) in [4.78, 5) is 10.7. The smallest absolute Gasteiger partial charge is 0.305 e. The predicted octanol–water partition coefficient (Wildman–Crippen LogP) is 1.95. The molecule has 3 N–H and O–H groups in total. The molecule has 0 aliphatic rings. The lowest BCUT2D eigenvalue weighted by atomic mass is 9.88. The summed E-state index contributed by atoms with van der Waals surface area (Å²) in [5, 5.41) is 8.77. The van der Waals surface area contributed by atoms with E-state index in [0.29, 0.717) is 0 Å². The van der Waals surface area contributed by atoms with Crippen LogP contribution in [0.25, 0.3) is 0 Å². The lowest BCUT2D eigenvalue weighted by molar-refractivity contribution is -0.138. The van der Waals surface area contributed by atoms with Gasteiger partial charge in [-0.3, -0.25) is 4.79 Å². The average Bonchev–Trinajstić information content (AvgIpc) is 1.99. The maximum absolute atomic E-state index is 10.7. The Morgan fingerprint density at radius 2 is 1.80 bits per heavy atom. The zero-order chi connectivity index (χ0) is 11.6. The molecule has 0 fully saturated rings. The predicted molar refractivity (Wildman–Crippen MR) is 59.7 cm³/mol. The van der Waals surface area contributed by atoms with Gasteiger partial charge in [-0.25, -0.2) is 0 Å². The molecule has 1 rings (SSSR count). The summed E-state index contributed by atoms with van der Waals surface area (Å²) < 4.78 is 0. The third kappa shape index (κ3) is 3.06. The van der Waals surface area contributed by atoms with Crippen molar-refractivity contribution in [3.8, 4) is 0 Å². The van der Waals surface area contributed by atoms with Gasteiger partial charge in [-0.2, -0.15) is 0 Å². The summed E-state index contributed by atoms with van der Waals surface area (Å²) in [6.07, 6.45) is -0.0596. The van der Waals surface area contributed by atoms with E-state index < -0.39 is 11.5 Å². The quantitative estimate of drug-likeness (QED) is 0.796. The van der Waals surface area contributed by atoms with Crippen LogP contribution in [-0.4, -0.2) is 11.1 Å². The molecule has 1 atom stereocenters. The Kier molecular flexibility index (Phi) is 3.15. The van der Waals surface area contributed by atoms with Crippen molar-refractivity contribution >= 4 is 5.97 Å². The van der Waals surface area contributed by atoms with Crippen LogP contribution in [0.1, 0.15) is 30.0 Å². The topological polar surface area (TPSA) is 63.3 Å². The number of hydrogen-bond donors (Lipinski definition) is 2. The summed E-state index contributed by atoms with van der Waals surface area (Å²) in [7, 11) is 0. The zero-order valence-electron chi connectivity index (χ0n) is 9.37. The molecule has 0 saturated heterocycles. The zero-order valence-corrected chi connectivity index (χ0v) is 9.37. The Labute approximate surface area is 89.9 Å². The second kappa shape index (κ2) is 4.03. The molecule has 0 aromatic heterocycles. The van der Waals surface area contributed by atoms with E-state index in [1.54, 1.807) is 6.92 Å². The van der Waals surface area contributed by atoms with Crippen LogP contribution in [0.5, 0.6) is 0 Å². The molecule has 3 heteroatoms. The molecule has 0 aliphatic carbocycles. The van der Waals surface area contributed by atoms with E-state index in [1.807, 2.05) is 32.0 Å². The Balaban J connectivity index is 3.08. The number of carbonyl (C=O) groups is 1. The largest absolute Gasteiger partial charge is 0.481 e. The van der Waals surface area contributed by atoms with Crippen LogP contribution in [0.3, 0.4) is 0 Å². The molecule has 1 unspecified atom stereocenters. The second-order valence-electron chi connectivity index (χ2n) is 4.36. The second-order valence-corrected chi connectivity index (χ2v) is 4.36. The number of aliphatic carboxylic acids is 1. The highest BCUT2D eigenvalue weighted by Crippen LogP contribution is 2.23. The van der Waals surface area contributed by atoms with E-state index in [-0.39, 0.29) is 6.42 Å². The molecule has 0 saturated carbocycles. The fourth-order valence-corrected chi connectivity index (χ4v) is 1.72. The molecule has 0 amide bonds. The monoisotopic (exact) mass is 207 g/mol. The Hall–Kier alpha value is -1.35. The van der Waals surface area contributed by atoms with Gasteiger partial charge < -0.3 is 10.8 Å². The number of aryl methyl sites for hydroxylation is 2. The van der Waals surface area contributed by atoms with Gasteiger partial charge in [0.2, 0.25) is 0 Å². The molecule has 82 valence electrons. The number of hydrogen-bond acceptors (Lipinski definition) is 2. The van der Waals surface area contributed by atoms with Gasteiger partial charge in [-0.05, 0) is 26.3 Å². The Bertz CT molecular complexity index is 363. The van der Waals surface area contributed by atoms with Crippen molar-refractivity contribution in [1.29, 1.82) is 0 Å². The van der Waals surface area contributed by atoms with Crippen molar-refractivity contribution in [1.82, 2.24) is 0 Å². The van der Waals surface area contributed by atoms with E-state index in [9.17, 15) is 4.79 Å². The highest BCUT2D eigenvalue weighted by atomic mass is 16.4. The number of rotatable bonds is 3. The first kappa shape index (κ1) is 11.7. The number of benzene rings is 1. The van der Waals surface area contributed by atoms with Crippen LogP contribution in [0.2, 0.25) is 0 Å². The van der Waals surface area contributed by atoms with Crippen LogP contribution in [-0.2, 0) is 10.3 Å². The maximum Gasteiger partial charge on any atom is 0.305 e. The van der Waals surface area contributed by atoms with Gasteiger partial charge in [-0.15, -0.1) is 0 Å². The molecule has 0 radical (unpaired) electrons.